The van der Waals surface area contributed by atoms with E-state index in [1.807, 2.05) is 6.20 Å². The molecule has 6 heteroatoms. The Kier molecular flexibility index (Phi) is 13.6. The first-order valence-corrected chi connectivity index (χ1v) is 34.4. The molecule has 0 unspecified atom stereocenters. The zero-order valence-electron chi connectivity index (χ0n) is 58.6. The van der Waals surface area contributed by atoms with Crippen LogP contribution in [-0.4, -0.2) is 14.1 Å². The van der Waals surface area contributed by atoms with Crippen LogP contribution in [0.25, 0.3) is 128 Å². The summed E-state index contributed by atoms with van der Waals surface area (Å²) in [5, 5.41) is 4.49. The second-order valence-electron chi connectivity index (χ2n) is 33.0. The molecule has 0 saturated carbocycles. The Morgan fingerprint density at radius 2 is 1.00 bits per heavy atom. The number of nitrogens with zero attached hydrogens (tertiary/aromatic N) is 4. The number of ether oxygens (including phenoxy) is 1. The Hall–Kier alpha value is -9.78. The van der Waals surface area contributed by atoms with Crippen LogP contribution in [0.15, 0.2) is 211 Å². The van der Waals surface area contributed by atoms with E-state index in [2.05, 4.69) is 331 Å². The van der Waals surface area contributed by atoms with E-state index in [0.717, 1.165) is 113 Å². The van der Waals surface area contributed by atoms with Crippen molar-refractivity contribution >= 4 is 54.8 Å². The highest BCUT2D eigenvalue weighted by Crippen LogP contribution is 2.54. The Morgan fingerprint density at radius 3 is 1.70 bits per heavy atom. The molecule has 16 rings (SSSR count). The van der Waals surface area contributed by atoms with Gasteiger partial charge in [0.15, 0.2) is 0 Å². The van der Waals surface area contributed by atoms with Gasteiger partial charge in [-0.2, -0.15) is 0 Å². The Morgan fingerprint density at radius 1 is 0.417 bits per heavy atom. The van der Waals surface area contributed by atoms with Crippen LogP contribution in [0.2, 0.25) is 0 Å². The Bertz CT molecular complexity index is 5520. The molecule has 2 aliphatic rings. The first kappa shape index (κ1) is 61.1. The third kappa shape index (κ3) is 10.1. The SMILES string of the molecule is CC(C)(C)c1cc(-c2cc3c4c(c2)n(-c2cccc(Oc5ccc6c7ccccc7n(-c7cc(C(C)(C)C)ccn7)c6c5)c2)[c-][n+]4-c2c(-c4ccc5oc6ccccc6c5c4)cc(C(C)(C)C)cc2-c2cc4c(cc2-c2ccccc2-3)C(C)(C)CCC4(C)C)cc(C(C)(C)C)c1. The van der Waals surface area contributed by atoms with E-state index in [0.29, 0.717) is 5.75 Å². The lowest BCUT2D eigenvalue weighted by atomic mass is 9.62. The number of imidazole rings is 1. The van der Waals surface area contributed by atoms with Crippen LogP contribution in [0.4, 0.5) is 0 Å². The molecule has 10 aromatic carbocycles. The summed E-state index contributed by atoms with van der Waals surface area (Å²) in [4.78, 5) is 5.00. The molecule has 0 atom stereocenters. The highest BCUT2D eigenvalue weighted by Gasteiger charge is 2.40. The van der Waals surface area contributed by atoms with E-state index >= 15 is 0 Å². The fourth-order valence-electron chi connectivity index (χ4n) is 15.3. The topological polar surface area (TPSA) is 49.0 Å². The lowest BCUT2D eigenvalue weighted by Crippen LogP contribution is -2.34. The molecule has 1 aliphatic carbocycles. The molecule has 0 amide bonds. The van der Waals surface area contributed by atoms with Crippen molar-refractivity contribution in [3.8, 4) is 84.3 Å². The van der Waals surface area contributed by atoms with Crippen LogP contribution >= 0.6 is 0 Å². The smallest absolute Gasteiger partial charge is 0.269 e. The number of aromatic nitrogens is 4. The number of rotatable bonds is 6. The summed E-state index contributed by atoms with van der Waals surface area (Å²) >= 11 is 0. The van der Waals surface area contributed by atoms with Gasteiger partial charge in [-0.3, -0.25) is 13.7 Å². The second kappa shape index (κ2) is 21.4. The minimum Gasteiger partial charge on any atom is -0.458 e. The van der Waals surface area contributed by atoms with Gasteiger partial charge >= 0.3 is 0 Å². The van der Waals surface area contributed by atoms with Gasteiger partial charge in [-0.25, -0.2) is 4.98 Å². The van der Waals surface area contributed by atoms with E-state index in [9.17, 15) is 0 Å². The largest absolute Gasteiger partial charge is 0.458 e. The predicted molar refractivity (Wildman–Crippen MR) is 400 cm³/mol. The van der Waals surface area contributed by atoms with Crippen LogP contribution < -0.4 is 9.30 Å². The molecule has 96 heavy (non-hydrogen) atoms. The maximum Gasteiger partial charge on any atom is 0.269 e. The third-order valence-corrected chi connectivity index (χ3v) is 21.2. The molecule has 478 valence electrons. The molecular weight excluding hydrogens is 1170 g/mol. The van der Waals surface area contributed by atoms with Gasteiger partial charge in [0.2, 0.25) is 0 Å². The van der Waals surface area contributed by atoms with Gasteiger partial charge in [-0.05, 0) is 213 Å². The highest BCUT2D eigenvalue weighted by atomic mass is 16.5. The monoisotopic (exact) mass is 1250 g/mol. The quantitative estimate of drug-likeness (QED) is 0.123. The average molecular weight is 1260 g/mol. The van der Waals surface area contributed by atoms with E-state index < -0.39 is 0 Å². The van der Waals surface area contributed by atoms with Crippen LogP contribution in [0.3, 0.4) is 0 Å². The van der Waals surface area contributed by atoms with Gasteiger partial charge in [0.05, 0.1) is 33.4 Å². The molecule has 0 spiro atoms. The van der Waals surface area contributed by atoms with Crippen LogP contribution in [0, 0.1) is 6.33 Å². The normalized spacial score (nSPS) is 14.5. The molecule has 0 fully saturated rings. The average Bonchev–Trinajstić information content (AvgIpc) is 1.50. The van der Waals surface area contributed by atoms with E-state index in [1.165, 1.54) is 66.6 Å². The number of hydrogen-bond donors (Lipinski definition) is 0. The fraction of sp³-hybridized carbons (Fsp3) is 0.267. The summed E-state index contributed by atoms with van der Waals surface area (Å²) in [6.45, 7) is 37.7. The van der Waals surface area contributed by atoms with E-state index in [1.54, 1.807) is 0 Å². The van der Waals surface area contributed by atoms with E-state index in [-0.39, 0.29) is 32.5 Å². The van der Waals surface area contributed by atoms with E-state index in [4.69, 9.17) is 14.1 Å². The number of fused-ring (bicyclic) bond motifs is 14. The Balaban J connectivity index is 1.01. The number of para-hydroxylation sites is 2. The summed E-state index contributed by atoms with van der Waals surface area (Å²) in [5.74, 6) is 2.31. The summed E-state index contributed by atoms with van der Waals surface area (Å²) in [6.07, 6.45) is 8.40. The van der Waals surface area contributed by atoms with Crippen LogP contribution in [0.5, 0.6) is 11.5 Å². The van der Waals surface area contributed by atoms with Gasteiger partial charge in [-0.15, -0.1) is 0 Å². The number of furan rings is 1. The molecule has 14 aromatic rings. The zero-order chi connectivity index (χ0) is 66.9. The van der Waals surface area contributed by atoms with Crippen molar-refractivity contribution in [2.45, 2.75) is 156 Å². The second-order valence-corrected chi connectivity index (χ2v) is 33.0. The molecule has 5 heterocycles. The maximum absolute atomic E-state index is 7.16. The Labute approximate surface area is 565 Å². The summed E-state index contributed by atoms with van der Waals surface area (Å²) in [7, 11) is 0. The number of benzene rings is 10. The highest BCUT2D eigenvalue weighted by molar-refractivity contribution is 6.10. The molecule has 0 radical (unpaired) electrons. The van der Waals surface area contributed by atoms with Crippen molar-refractivity contribution in [1.29, 1.82) is 0 Å². The van der Waals surface area contributed by atoms with Crippen LogP contribution in [0.1, 0.15) is 157 Å². The molecule has 0 bridgehead atoms. The maximum atomic E-state index is 7.16. The summed E-state index contributed by atoms with van der Waals surface area (Å²) in [6, 6.07) is 75.1. The first-order valence-electron chi connectivity index (χ1n) is 34.4. The van der Waals surface area contributed by atoms with Crippen LogP contribution in [-0.2, 0) is 32.5 Å². The van der Waals surface area contributed by atoms with Gasteiger partial charge in [0.25, 0.3) is 6.33 Å². The molecule has 0 N–H and O–H groups in total. The van der Waals surface area contributed by atoms with Crippen molar-refractivity contribution in [2.24, 2.45) is 0 Å². The molecular formula is C90H86N4O2. The van der Waals surface area contributed by atoms with Gasteiger partial charge in [0, 0.05) is 33.8 Å². The number of pyridine rings is 1. The molecule has 6 nitrogen and oxygen atoms in total. The van der Waals surface area contributed by atoms with Gasteiger partial charge in [-0.1, -0.05) is 226 Å². The standard InChI is InChI=1S/C90H86N4O2/c1-85(2,3)57-36-39-91-82(48-57)94-77-30-21-19-28-66(77)67-34-33-63(50-78(67)94)95-62-25-23-24-61(49-62)92-53-93-83-69(54-32-35-81-72(42-54)68-29-20-22-31-80(68)96-81)46-60(88(10,11)12)47-74(83)71-52-76-75(89(13,14)37-38-90(76,15)16)51-70(71)64-26-17-18-27-65(64)73-43-56(44-79(92)84(73)93)55-40-58(86(4,5)6)45-59(41-55)87(7,8)9/h17-36,39-52H,37-38H2,1-16H3. The predicted octanol–water partition coefficient (Wildman–Crippen LogP) is 24.1. The summed E-state index contributed by atoms with van der Waals surface area (Å²) < 4.78 is 20.8. The number of hydrogen-bond acceptors (Lipinski definition) is 3. The lowest BCUT2D eigenvalue weighted by Gasteiger charge is -2.42. The van der Waals surface area contributed by atoms with Gasteiger partial charge < -0.3 is 9.15 Å². The minimum absolute atomic E-state index is 0.0427. The molecule has 0 saturated heterocycles. The van der Waals surface area contributed by atoms with Crippen molar-refractivity contribution in [3.05, 3.63) is 246 Å². The van der Waals surface area contributed by atoms with Crippen molar-refractivity contribution in [2.75, 3.05) is 0 Å². The van der Waals surface area contributed by atoms with Crippen molar-refractivity contribution in [1.82, 2.24) is 14.1 Å². The zero-order valence-corrected chi connectivity index (χ0v) is 58.6. The molecule has 4 aromatic heterocycles. The van der Waals surface area contributed by atoms with Crippen molar-refractivity contribution < 1.29 is 13.7 Å². The van der Waals surface area contributed by atoms with Crippen molar-refractivity contribution in [3.63, 3.8) is 0 Å². The minimum atomic E-state index is -0.228. The third-order valence-electron chi connectivity index (χ3n) is 21.2. The summed E-state index contributed by atoms with van der Waals surface area (Å²) in [5.41, 5.74) is 26.9. The first-order chi connectivity index (χ1) is 45.6. The molecule has 1 aliphatic heterocycles. The van der Waals surface area contributed by atoms with Gasteiger partial charge in [0.1, 0.15) is 28.5 Å². The fourth-order valence-corrected chi connectivity index (χ4v) is 15.3. The lowest BCUT2D eigenvalue weighted by molar-refractivity contribution is -0.570.